The van der Waals surface area contributed by atoms with E-state index in [4.69, 9.17) is 23.2 Å². The van der Waals surface area contributed by atoms with Gasteiger partial charge in [0.05, 0.1) is 14.9 Å². The fourth-order valence-electron chi connectivity index (χ4n) is 2.31. The Balaban J connectivity index is 1.65. The average Bonchev–Trinajstić information content (AvgIpc) is 2.62. The molecule has 140 valence electrons. The summed E-state index contributed by atoms with van der Waals surface area (Å²) < 4.78 is 26.5. The van der Waals surface area contributed by atoms with Gasteiger partial charge in [0.1, 0.15) is 0 Å². The summed E-state index contributed by atoms with van der Waals surface area (Å²) in [6, 6.07) is 13.5. The molecular weight excluding hydrogens is 395 g/mol. The molecule has 0 bridgehead atoms. The molecule has 2 rings (SSSR count). The van der Waals surface area contributed by atoms with Crippen molar-refractivity contribution in [1.29, 1.82) is 0 Å². The fraction of sp³-hybridized carbons (Fsp3) is 0.278. The molecule has 8 heteroatoms. The maximum Gasteiger partial charge on any atom is 0.240 e. The van der Waals surface area contributed by atoms with Crippen LogP contribution < -0.4 is 10.0 Å². The monoisotopic (exact) mass is 414 g/mol. The van der Waals surface area contributed by atoms with Gasteiger partial charge in [0.2, 0.25) is 15.9 Å². The zero-order valence-corrected chi connectivity index (χ0v) is 16.4. The maximum absolute atomic E-state index is 12.0. The number of halogens is 2. The quantitative estimate of drug-likeness (QED) is 0.617. The van der Waals surface area contributed by atoms with Crippen LogP contribution in [-0.4, -0.2) is 27.4 Å². The molecule has 0 unspecified atom stereocenters. The van der Waals surface area contributed by atoms with E-state index in [1.165, 1.54) is 12.1 Å². The smallest absolute Gasteiger partial charge is 0.240 e. The van der Waals surface area contributed by atoms with Crippen molar-refractivity contribution in [3.63, 3.8) is 0 Å². The second-order valence-electron chi connectivity index (χ2n) is 5.66. The molecule has 0 aliphatic rings. The highest BCUT2D eigenvalue weighted by Gasteiger charge is 2.12. The van der Waals surface area contributed by atoms with Gasteiger partial charge in [-0.25, -0.2) is 13.1 Å². The zero-order valence-electron chi connectivity index (χ0n) is 14.0. The number of rotatable bonds is 9. The van der Waals surface area contributed by atoms with E-state index in [2.05, 4.69) is 10.0 Å². The van der Waals surface area contributed by atoms with Gasteiger partial charge < -0.3 is 5.32 Å². The maximum atomic E-state index is 12.0. The van der Waals surface area contributed by atoms with E-state index in [1.807, 2.05) is 6.07 Å². The van der Waals surface area contributed by atoms with E-state index in [-0.39, 0.29) is 23.9 Å². The molecule has 0 atom stereocenters. The summed E-state index contributed by atoms with van der Waals surface area (Å²) in [5.41, 5.74) is 1.02. The molecule has 2 aromatic rings. The van der Waals surface area contributed by atoms with E-state index in [1.54, 1.807) is 30.3 Å². The van der Waals surface area contributed by atoms with Gasteiger partial charge in [-0.05, 0) is 42.7 Å². The Morgan fingerprint density at radius 2 is 1.69 bits per heavy atom. The highest BCUT2D eigenvalue weighted by molar-refractivity contribution is 7.89. The third kappa shape index (κ3) is 6.61. The minimum Gasteiger partial charge on any atom is -0.355 e. The molecule has 0 radical (unpaired) electrons. The number of nitrogens with one attached hydrogen (secondary N) is 2. The zero-order chi connectivity index (χ0) is 19.0. The number of amides is 1. The van der Waals surface area contributed by atoms with Gasteiger partial charge in [0, 0.05) is 19.5 Å². The van der Waals surface area contributed by atoms with Gasteiger partial charge in [0.15, 0.2) is 0 Å². The first kappa shape index (κ1) is 20.7. The highest BCUT2D eigenvalue weighted by Crippen LogP contribution is 2.23. The Bertz CT molecular complexity index is 843. The summed E-state index contributed by atoms with van der Waals surface area (Å²) in [5, 5.41) is 3.71. The van der Waals surface area contributed by atoms with Crippen molar-refractivity contribution in [2.24, 2.45) is 0 Å². The Labute approximate surface area is 163 Å². The molecule has 0 spiro atoms. The summed E-state index contributed by atoms with van der Waals surface area (Å²) in [6.07, 6.45) is 1.73. The molecule has 1 amide bonds. The molecule has 2 N–H and O–H groups in total. The van der Waals surface area contributed by atoms with E-state index >= 15 is 0 Å². The normalized spacial score (nSPS) is 11.3. The first-order chi connectivity index (χ1) is 12.4. The minimum absolute atomic E-state index is 0.121. The molecular formula is C18H20Cl2N2O3S. The molecule has 0 saturated carbocycles. The minimum atomic E-state index is -3.54. The van der Waals surface area contributed by atoms with Gasteiger partial charge >= 0.3 is 0 Å². The third-order valence-corrected chi connectivity index (χ3v) is 5.86. The van der Waals surface area contributed by atoms with Crippen molar-refractivity contribution in [1.82, 2.24) is 10.0 Å². The Morgan fingerprint density at radius 3 is 2.38 bits per heavy atom. The van der Waals surface area contributed by atoms with Crippen molar-refractivity contribution >= 4 is 39.1 Å². The standard InChI is InChI=1S/C18H20Cl2N2O3S/c19-16-10-9-14(13-17(16)20)5-4-8-18(23)21-11-12-22-26(24,25)15-6-2-1-3-7-15/h1-3,6-7,9-10,13,22H,4-5,8,11-12H2,(H,21,23). The van der Waals surface area contributed by atoms with Gasteiger partial charge in [-0.2, -0.15) is 0 Å². The molecule has 0 aliphatic heterocycles. The summed E-state index contributed by atoms with van der Waals surface area (Å²) in [7, 11) is -3.54. The van der Waals surface area contributed by atoms with Crippen LogP contribution in [-0.2, 0) is 21.2 Å². The summed E-state index contributed by atoms with van der Waals surface area (Å²) in [5.74, 6) is -0.121. The van der Waals surface area contributed by atoms with Gasteiger partial charge in [0.25, 0.3) is 0 Å². The van der Waals surface area contributed by atoms with Crippen molar-refractivity contribution in [3.05, 3.63) is 64.1 Å². The first-order valence-electron chi connectivity index (χ1n) is 8.14. The Hall–Kier alpha value is -1.60. The molecule has 2 aromatic carbocycles. The molecule has 26 heavy (non-hydrogen) atoms. The number of hydrogen-bond donors (Lipinski definition) is 2. The second kappa shape index (κ2) is 9.92. The number of carbonyl (C=O) groups excluding carboxylic acids is 1. The van der Waals surface area contributed by atoms with Crippen LogP contribution in [0.3, 0.4) is 0 Å². The largest absolute Gasteiger partial charge is 0.355 e. The Kier molecular flexibility index (Phi) is 7.90. The lowest BCUT2D eigenvalue weighted by atomic mass is 10.1. The van der Waals surface area contributed by atoms with Crippen molar-refractivity contribution < 1.29 is 13.2 Å². The van der Waals surface area contributed by atoms with Crippen LogP contribution in [0, 0.1) is 0 Å². The number of hydrogen-bond acceptors (Lipinski definition) is 3. The van der Waals surface area contributed by atoms with Crippen molar-refractivity contribution in [2.75, 3.05) is 13.1 Å². The fourth-order valence-corrected chi connectivity index (χ4v) is 3.68. The molecule has 0 heterocycles. The molecule has 0 fully saturated rings. The van der Waals surface area contributed by atoms with E-state index in [9.17, 15) is 13.2 Å². The summed E-state index contributed by atoms with van der Waals surface area (Å²) in [6.45, 7) is 0.368. The van der Waals surface area contributed by atoms with Gasteiger partial charge in [-0.3, -0.25) is 4.79 Å². The van der Waals surface area contributed by atoms with Crippen LogP contribution in [0.4, 0.5) is 0 Å². The topological polar surface area (TPSA) is 75.3 Å². The lowest BCUT2D eigenvalue weighted by Crippen LogP contribution is -2.34. The van der Waals surface area contributed by atoms with Gasteiger partial charge in [-0.1, -0.05) is 47.5 Å². The third-order valence-electron chi connectivity index (χ3n) is 3.65. The molecule has 0 aliphatic carbocycles. The van der Waals surface area contributed by atoms with E-state index < -0.39 is 10.0 Å². The van der Waals surface area contributed by atoms with Crippen LogP contribution in [0.1, 0.15) is 18.4 Å². The lowest BCUT2D eigenvalue weighted by Gasteiger charge is -2.08. The second-order valence-corrected chi connectivity index (χ2v) is 8.24. The van der Waals surface area contributed by atoms with E-state index in [0.717, 1.165) is 5.56 Å². The van der Waals surface area contributed by atoms with Gasteiger partial charge in [-0.15, -0.1) is 0 Å². The van der Waals surface area contributed by atoms with Crippen LogP contribution >= 0.6 is 23.2 Å². The SMILES string of the molecule is O=C(CCCc1ccc(Cl)c(Cl)c1)NCCNS(=O)(=O)c1ccccc1. The number of aryl methyl sites for hydroxylation is 1. The molecule has 0 aromatic heterocycles. The van der Waals surface area contributed by atoms with Crippen LogP contribution in [0.5, 0.6) is 0 Å². The average molecular weight is 415 g/mol. The number of sulfonamides is 1. The number of benzene rings is 2. The van der Waals surface area contributed by atoms with Crippen LogP contribution in [0.25, 0.3) is 0 Å². The predicted molar refractivity (Wildman–Crippen MR) is 104 cm³/mol. The molecule has 0 saturated heterocycles. The number of carbonyl (C=O) groups is 1. The Morgan fingerprint density at radius 1 is 0.962 bits per heavy atom. The van der Waals surface area contributed by atoms with Crippen molar-refractivity contribution in [2.45, 2.75) is 24.2 Å². The predicted octanol–water partition coefficient (Wildman–Crippen LogP) is 3.41. The van der Waals surface area contributed by atoms with Crippen LogP contribution in [0.15, 0.2) is 53.4 Å². The molecule has 5 nitrogen and oxygen atoms in total. The highest BCUT2D eigenvalue weighted by atomic mass is 35.5. The van der Waals surface area contributed by atoms with Crippen LogP contribution in [0.2, 0.25) is 10.0 Å². The summed E-state index contributed by atoms with van der Waals surface area (Å²) >= 11 is 11.8. The van der Waals surface area contributed by atoms with E-state index in [0.29, 0.717) is 29.3 Å². The summed E-state index contributed by atoms with van der Waals surface area (Å²) in [4.78, 5) is 12.0. The lowest BCUT2D eigenvalue weighted by molar-refractivity contribution is -0.121. The van der Waals surface area contributed by atoms with Crippen molar-refractivity contribution in [3.8, 4) is 0 Å². The first-order valence-corrected chi connectivity index (χ1v) is 10.4.